The zero-order valence-electron chi connectivity index (χ0n) is 22.4. The van der Waals surface area contributed by atoms with E-state index in [-0.39, 0.29) is 22.2 Å². The average Bonchev–Trinajstić information content (AvgIpc) is 2.95. The molecule has 0 saturated carbocycles. The number of benzene rings is 3. The molecule has 0 aliphatic heterocycles. The highest BCUT2D eigenvalue weighted by atomic mass is 32.2. The maximum atomic E-state index is 14.7. The number of pyridine rings is 1. The van der Waals surface area contributed by atoms with Crippen molar-refractivity contribution in [2.24, 2.45) is 0 Å². The van der Waals surface area contributed by atoms with Gasteiger partial charge in [-0.3, -0.25) is 9.59 Å². The standard InChI is InChI=1S/C30H30FN3O5S/c1-4-5-13-24-26(34(3)25-14-9-8-12-23(25)31)27(35)28(30(37)33-24)40(38,39)20-17-15-19(16-18-20)21-10-6-7-11-22(21)29(36)32-2/h6-12,14-18H,4-5,13H2,1-3H3,(H,32,36)(H2,33,35,37). The summed E-state index contributed by atoms with van der Waals surface area (Å²) < 4.78 is 42.1. The summed E-state index contributed by atoms with van der Waals surface area (Å²) in [4.78, 5) is 28.3. The summed E-state index contributed by atoms with van der Waals surface area (Å²) in [5.74, 6) is -1.62. The normalized spacial score (nSPS) is 11.3. The van der Waals surface area contributed by atoms with Crippen LogP contribution < -0.4 is 15.8 Å². The Hall–Kier alpha value is -4.44. The van der Waals surface area contributed by atoms with Gasteiger partial charge in [0.25, 0.3) is 11.5 Å². The first-order valence-electron chi connectivity index (χ1n) is 12.7. The number of carbonyl (C=O) groups is 1. The van der Waals surface area contributed by atoms with E-state index in [1.54, 1.807) is 30.3 Å². The maximum absolute atomic E-state index is 14.7. The van der Waals surface area contributed by atoms with E-state index < -0.39 is 31.9 Å². The van der Waals surface area contributed by atoms with E-state index in [1.165, 1.54) is 61.5 Å². The lowest BCUT2D eigenvalue weighted by molar-refractivity contribution is 0.0963. The van der Waals surface area contributed by atoms with Gasteiger partial charge >= 0.3 is 0 Å². The summed E-state index contributed by atoms with van der Waals surface area (Å²) >= 11 is 0. The zero-order chi connectivity index (χ0) is 29.0. The van der Waals surface area contributed by atoms with Crippen LogP contribution in [-0.2, 0) is 16.3 Å². The fourth-order valence-corrected chi connectivity index (χ4v) is 5.98. The number of hydrogen-bond acceptors (Lipinski definition) is 6. The molecule has 4 aromatic rings. The van der Waals surface area contributed by atoms with Gasteiger partial charge in [0.2, 0.25) is 9.84 Å². The van der Waals surface area contributed by atoms with Crippen LogP contribution in [0.3, 0.4) is 0 Å². The van der Waals surface area contributed by atoms with Gasteiger partial charge in [-0.15, -0.1) is 0 Å². The van der Waals surface area contributed by atoms with Gasteiger partial charge in [0.15, 0.2) is 10.6 Å². The second-order valence-electron chi connectivity index (χ2n) is 9.23. The Morgan fingerprint density at radius 2 is 1.68 bits per heavy atom. The van der Waals surface area contributed by atoms with Crippen molar-refractivity contribution >= 4 is 27.1 Å². The highest BCUT2D eigenvalue weighted by Crippen LogP contribution is 2.40. The lowest BCUT2D eigenvalue weighted by Crippen LogP contribution is -2.24. The molecule has 1 heterocycles. The minimum absolute atomic E-state index is 0.00727. The Kier molecular flexibility index (Phi) is 8.39. The van der Waals surface area contributed by atoms with Crippen molar-refractivity contribution in [2.45, 2.75) is 36.0 Å². The van der Waals surface area contributed by atoms with Crippen LogP contribution in [-0.4, -0.2) is 38.5 Å². The summed E-state index contributed by atoms with van der Waals surface area (Å²) in [5, 5.41) is 13.9. The molecule has 1 amide bonds. The quantitative estimate of drug-likeness (QED) is 0.258. The van der Waals surface area contributed by atoms with E-state index in [9.17, 15) is 27.5 Å². The smallest absolute Gasteiger partial charge is 0.271 e. The molecule has 0 radical (unpaired) electrons. The van der Waals surface area contributed by atoms with Gasteiger partial charge in [0.1, 0.15) is 11.5 Å². The minimum Gasteiger partial charge on any atom is -0.504 e. The Bertz CT molecular complexity index is 1720. The van der Waals surface area contributed by atoms with Gasteiger partial charge in [-0.1, -0.05) is 55.8 Å². The number of H-pyrrole nitrogens is 1. The molecule has 0 aliphatic carbocycles. The Morgan fingerprint density at radius 1 is 1.02 bits per heavy atom. The van der Waals surface area contributed by atoms with Crippen LogP contribution in [0, 0.1) is 5.82 Å². The van der Waals surface area contributed by atoms with Gasteiger partial charge in [-0.05, 0) is 54.3 Å². The fraction of sp³-hybridized carbons (Fsp3) is 0.200. The number of anilines is 2. The number of aromatic nitrogens is 1. The van der Waals surface area contributed by atoms with Gasteiger partial charge < -0.3 is 20.3 Å². The molecule has 0 fully saturated rings. The van der Waals surface area contributed by atoms with E-state index in [4.69, 9.17) is 0 Å². The lowest BCUT2D eigenvalue weighted by Gasteiger charge is -2.25. The second-order valence-corrected chi connectivity index (χ2v) is 11.1. The second kappa shape index (κ2) is 11.7. The number of amides is 1. The van der Waals surface area contributed by atoms with Crippen LogP contribution in [0.15, 0.2) is 87.4 Å². The largest absolute Gasteiger partial charge is 0.504 e. The zero-order valence-corrected chi connectivity index (χ0v) is 23.2. The molecule has 0 bridgehead atoms. The van der Waals surface area contributed by atoms with Crippen LogP contribution in [0.2, 0.25) is 0 Å². The van der Waals surface area contributed by atoms with Crippen molar-refractivity contribution in [1.29, 1.82) is 0 Å². The van der Waals surface area contributed by atoms with Crippen LogP contribution in [0.25, 0.3) is 11.1 Å². The van der Waals surface area contributed by atoms with Gasteiger partial charge in [-0.25, -0.2) is 12.8 Å². The average molecular weight is 564 g/mol. The van der Waals surface area contributed by atoms with E-state index in [2.05, 4.69) is 10.3 Å². The molecule has 1 aromatic heterocycles. The van der Waals surface area contributed by atoms with Crippen molar-refractivity contribution < 1.29 is 22.7 Å². The van der Waals surface area contributed by atoms with Crippen LogP contribution in [0.5, 0.6) is 5.75 Å². The Balaban J connectivity index is 1.84. The highest BCUT2D eigenvalue weighted by Gasteiger charge is 2.31. The molecular formula is C30H30FN3O5S. The summed E-state index contributed by atoms with van der Waals surface area (Å²) in [5.41, 5.74) is 1.04. The van der Waals surface area contributed by atoms with Crippen molar-refractivity contribution in [3.05, 3.63) is 100 Å². The molecule has 208 valence electrons. The van der Waals surface area contributed by atoms with E-state index in [1.807, 2.05) is 6.92 Å². The molecule has 0 aliphatic rings. The monoisotopic (exact) mass is 563 g/mol. The number of carbonyl (C=O) groups excluding carboxylic acids is 1. The first-order chi connectivity index (χ1) is 19.1. The molecule has 40 heavy (non-hydrogen) atoms. The summed E-state index contributed by atoms with van der Waals surface area (Å²) in [6, 6.07) is 18.5. The maximum Gasteiger partial charge on any atom is 0.271 e. The lowest BCUT2D eigenvalue weighted by atomic mass is 9.99. The predicted molar refractivity (Wildman–Crippen MR) is 153 cm³/mol. The number of unbranched alkanes of at least 4 members (excludes halogenated alkanes) is 1. The number of aromatic hydroxyl groups is 1. The van der Waals surface area contributed by atoms with E-state index in [0.717, 1.165) is 6.42 Å². The van der Waals surface area contributed by atoms with Crippen LogP contribution in [0.1, 0.15) is 35.8 Å². The number of hydrogen-bond donors (Lipinski definition) is 3. The third kappa shape index (κ3) is 5.35. The Morgan fingerprint density at radius 3 is 2.33 bits per heavy atom. The fourth-order valence-electron chi connectivity index (χ4n) is 4.60. The van der Waals surface area contributed by atoms with Crippen LogP contribution >= 0.6 is 0 Å². The Labute approximate surface area is 232 Å². The molecular weight excluding hydrogens is 533 g/mol. The van der Waals surface area contributed by atoms with Crippen molar-refractivity contribution in [1.82, 2.24) is 10.3 Å². The minimum atomic E-state index is -4.51. The third-order valence-corrected chi connectivity index (χ3v) is 8.48. The summed E-state index contributed by atoms with van der Waals surface area (Å²) in [7, 11) is -1.50. The number of sulfone groups is 1. The number of para-hydroxylation sites is 1. The molecule has 0 spiro atoms. The SMILES string of the molecule is CCCCc1[nH]c(=O)c(S(=O)(=O)c2ccc(-c3ccccc3C(=O)NC)cc2)c(O)c1N(C)c1ccccc1F. The molecule has 3 N–H and O–H groups in total. The van der Waals surface area contributed by atoms with Gasteiger partial charge in [-0.2, -0.15) is 0 Å². The predicted octanol–water partition coefficient (Wildman–Crippen LogP) is 5.19. The molecule has 0 atom stereocenters. The van der Waals surface area contributed by atoms with Gasteiger partial charge in [0, 0.05) is 25.4 Å². The van der Waals surface area contributed by atoms with Crippen LogP contribution in [0.4, 0.5) is 15.8 Å². The van der Waals surface area contributed by atoms with Crippen molar-refractivity contribution in [3.8, 4) is 16.9 Å². The van der Waals surface area contributed by atoms with E-state index in [0.29, 0.717) is 35.2 Å². The highest BCUT2D eigenvalue weighted by molar-refractivity contribution is 7.91. The topological polar surface area (TPSA) is 120 Å². The number of nitrogens with one attached hydrogen (secondary N) is 2. The summed E-state index contributed by atoms with van der Waals surface area (Å²) in [6.07, 6.45) is 1.77. The molecule has 0 saturated heterocycles. The first-order valence-corrected chi connectivity index (χ1v) is 14.2. The third-order valence-electron chi connectivity index (χ3n) is 6.67. The first kappa shape index (κ1) is 28.6. The summed E-state index contributed by atoms with van der Waals surface area (Å²) in [6.45, 7) is 1.95. The number of aromatic amines is 1. The molecule has 0 unspecified atom stereocenters. The molecule has 10 heteroatoms. The van der Waals surface area contributed by atoms with Crippen molar-refractivity contribution in [3.63, 3.8) is 0 Å². The van der Waals surface area contributed by atoms with E-state index >= 15 is 0 Å². The molecule has 4 rings (SSSR count). The number of nitrogens with zero attached hydrogens (tertiary/aromatic N) is 1. The number of rotatable bonds is 9. The number of halogens is 1. The molecule has 3 aromatic carbocycles. The number of aryl methyl sites for hydroxylation is 1. The van der Waals surface area contributed by atoms with Crippen molar-refractivity contribution in [2.75, 3.05) is 19.0 Å². The molecule has 8 nitrogen and oxygen atoms in total. The van der Waals surface area contributed by atoms with Gasteiger partial charge in [0.05, 0.1) is 10.6 Å².